The molecule has 2 heteroatoms. The van der Waals surface area contributed by atoms with Crippen LogP contribution < -0.4 is 5.32 Å². The molecule has 0 fully saturated rings. The zero-order valence-corrected chi connectivity index (χ0v) is 8.35. The minimum atomic E-state index is 0.301. The number of hydrogen-bond acceptors (Lipinski definition) is 2. The Morgan fingerprint density at radius 1 is 1.36 bits per heavy atom. The van der Waals surface area contributed by atoms with Gasteiger partial charge in [0.25, 0.3) is 0 Å². The Kier molecular flexibility index (Phi) is 5.51. The van der Waals surface area contributed by atoms with Crippen LogP contribution in [0, 0.1) is 5.92 Å². The van der Waals surface area contributed by atoms with E-state index in [9.17, 15) is 0 Å². The summed E-state index contributed by atoms with van der Waals surface area (Å²) in [6, 6.07) is 0.477. The lowest BCUT2D eigenvalue weighted by atomic mass is 9.95. The predicted molar refractivity (Wildman–Crippen MR) is 48.8 cm³/mol. The molecule has 1 unspecified atom stereocenters. The highest BCUT2D eigenvalue weighted by atomic mass is 16.5. The summed E-state index contributed by atoms with van der Waals surface area (Å²) in [5.74, 6) is 0.676. The number of methoxy groups -OCH3 is 1. The molecule has 0 aliphatic carbocycles. The van der Waals surface area contributed by atoms with Crippen LogP contribution in [-0.2, 0) is 4.74 Å². The first-order chi connectivity index (χ1) is 5.17. The van der Waals surface area contributed by atoms with Crippen molar-refractivity contribution in [2.75, 3.05) is 14.2 Å². The number of rotatable bonds is 5. The van der Waals surface area contributed by atoms with E-state index in [1.165, 1.54) is 6.42 Å². The van der Waals surface area contributed by atoms with Crippen molar-refractivity contribution in [3.05, 3.63) is 0 Å². The molecule has 1 N–H and O–H groups in total. The van der Waals surface area contributed by atoms with Crippen molar-refractivity contribution < 1.29 is 4.74 Å². The standard InChI is InChI=1S/C9H21NO/c1-6-7(2)9(10-4)8(3)11-5/h7-10H,6H2,1-5H3/t7-,8-,9?/m1/s1. The average molecular weight is 159 g/mol. The van der Waals surface area contributed by atoms with Crippen LogP contribution in [-0.4, -0.2) is 26.3 Å². The van der Waals surface area contributed by atoms with Gasteiger partial charge in [-0.1, -0.05) is 20.3 Å². The fraction of sp³-hybridized carbons (Fsp3) is 1.00. The third kappa shape index (κ3) is 3.21. The molecule has 0 aromatic carbocycles. The van der Waals surface area contributed by atoms with Crippen molar-refractivity contribution in [1.29, 1.82) is 0 Å². The van der Waals surface area contributed by atoms with Crippen LogP contribution in [0.25, 0.3) is 0 Å². The fourth-order valence-corrected chi connectivity index (χ4v) is 1.38. The van der Waals surface area contributed by atoms with Gasteiger partial charge in [0, 0.05) is 13.2 Å². The first kappa shape index (κ1) is 10.9. The highest BCUT2D eigenvalue weighted by Gasteiger charge is 2.19. The van der Waals surface area contributed by atoms with E-state index >= 15 is 0 Å². The Bertz CT molecular complexity index is 85.6. The third-order valence-corrected chi connectivity index (χ3v) is 2.47. The van der Waals surface area contributed by atoms with E-state index < -0.39 is 0 Å². The topological polar surface area (TPSA) is 21.3 Å². The molecule has 0 saturated heterocycles. The molecule has 0 radical (unpaired) electrons. The maximum Gasteiger partial charge on any atom is 0.0698 e. The molecule has 0 amide bonds. The lowest BCUT2D eigenvalue weighted by Crippen LogP contribution is -2.41. The monoisotopic (exact) mass is 159 g/mol. The fourth-order valence-electron chi connectivity index (χ4n) is 1.38. The van der Waals surface area contributed by atoms with E-state index in [1.807, 2.05) is 7.05 Å². The van der Waals surface area contributed by atoms with E-state index in [2.05, 4.69) is 26.1 Å². The zero-order chi connectivity index (χ0) is 8.85. The second kappa shape index (κ2) is 5.56. The van der Waals surface area contributed by atoms with Crippen LogP contribution >= 0.6 is 0 Å². The summed E-state index contributed by atoms with van der Waals surface area (Å²) in [4.78, 5) is 0. The summed E-state index contributed by atoms with van der Waals surface area (Å²) in [5, 5.41) is 3.28. The van der Waals surface area contributed by atoms with Gasteiger partial charge in [-0.25, -0.2) is 0 Å². The van der Waals surface area contributed by atoms with Crippen molar-refractivity contribution in [3.63, 3.8) is 0 Å². The lowest BCUT2D eigenvalue weighted by Gasteiger charge is -2.27. The molecule has 0 spiro atoms. The summed E-state index contributed by atoms with van der Waals surface area (Å²) >= 11 is 0. The predicted octanol–water partition coefficient (Wildman–Crippen LogP) is 1.66. The van der Waals surface area contributed by atoms with Gasteiger partial charge < -0.3 is 10.1 Å². The van der Waals surface area contributed by atoms with Crippen LogP contribution in [0.15, 0.2) is 0 Å². The molecule has 0 aliphatic rings. The van der Waals surface area contributed by atoms with Gasteiger partial charge in [0.2, 0.25) is 0 Å². The molecule has 11 heavy (non-hydrogen) atoms. The minimum Gasteiger partial charge on any atom is -0.380 e. The second-order valence-corrected chi connectivity index (χ2v) is 3.14. The van der Waals surface area contributed by atoms with Crippen molar-refractivity contribution in [1.82, 2.24) is 5.32 Å². The van der Waals surface area contributed by atoms with Crippen LogP contribution in [0.3, 0.4) is 0 Å². The first-order valence-electron chi connectivity index (χ1n) is 4.37. The van der Waals surface area contributed by atoms with Crippen molar-refractivity contribution >= 4 is 0 Å². The molecule has 0 saturated carbocycles. The summed E-state index contributed by atoms with van der Waals surface area (Å²) < 4.78 is 5.26. The normalized spacial score (nSPS) is 19.4. The van der Waals surface area contributed by atoms with Gasteiger partial charge in [0.15, 0.2) is 0 Å². The Hall–Kier alpha value is -0.0800. The molecular formula is C9H21NO. The SMILES string of the molecule is CC[C@@H](C)C(NC)[C@@H](C)OC. The largest absolute Gasteiger partial charge is 0.380 e. The highest BCUT2D eigenvalue weighted by molar-refractivity contribution is 4.76. The molecule has 0 heterocycles. The van der Waals surface area contributed by atoms with Gasteiger partial charge in [-0.05, 0) is 19.9 Å². The summed E-state index contributed by atoms with van der Waals surface area (Å²) in [7, 11) is 3.75. The summed E-state index contributed by atoms with van der Waals surface area (Å²) in [6.07, 6.45) is 1.49. The Morgan fingerprint density at radius 3 is 2.18 bits per heavy atom. The first-order valence-corrected chi connectivity index (χ1v) is 4.37. The number of nitrogens with one attached hydrogen (secondary N) is 1. The quantitative estimate of drug-likeness (QED) is 0.658. The van der Waals surface area contributed by atoms with Crippen molar-refractivity contribution in [2.45, 2.75) is 39.3 Å². The van der Waals surface area contributed by atoms with Crippen LogP contribution in [0.2, 0.25) is 0 Å². The maximum absolute atomic E-state index is 5.26. The smallest absolute Gasteiger partial charge is 0.0698 e. The van der Waals surface area contributed by atoms with Crippen LogP contribution in [0.1, 0.15) is 27.2 Å². The van der Waals surface area contributed by atoms with Gasteiger partial charge in [-0.3, -0.25) is 0 Å². The van der Waals surface area contributed by atoms with E-state index in [-0.39, 0.29) is 0 Å². The number of ether oxygens (including phenoxy) is 1. The summed E-state index contributed by atoms with van der Waals surface area (Å²) in [5.41, 5.74) is 0. The molecule has 3 atom stereocenters. The third-order valence-electron chi connectivity index (χ3n) is 2.47. The molecular weight excluding hydrogens is 138 g/mol. The van der Waals surface area contributed by atoms with E-state index in [0.29, 0.717) is 18.1 Å². The molecule has 0 aromatic rings. The molecule has 0 bridgehead atoms. The van der Waals surface area contributed by atoms with Gasteiger partial charge in [0.1, 0.15) is 0 Å². The van der Waals surface area contributed by atoms with Crippen LogP contribution in [0.4, 0.5) is 0 Å². The second-order valence-electron chi connectivity index (χ2n) is 3.14. The average Bonchev–Trinajstić information content (AvgIpc) is 2.05. The number of likely N-dealkylation sites (N-methyl/N-ethyl adjacent to an activating group) is 1. The molecule has 0 rings (SSSR count). The van der Waals surface area contributed by atoms with E-state index in [1.54, 1.807) is 7.11 Å². The highest BCUT2D eigenvalue weighted by Crippen LogP contribution is 2.12. The Balaban J connectivity index is 3.92. The van der Waals surface area contributed by atoms with Gasteiger partial charge in [0.05, 0.1) is 6.10 Å². The van der Waals surface area contributed by atoms with E-state index in [4.69, 9.17) is 4.74 Å². The van der Waals surface area contributed by atoms with E-state index in [0.717, 1.165) is 0 Å². The maximum atomic E-state index is 5.26. The molecule has 2 nitrogen and oxygen atoms in total. The zero-order valence-electron chi connectivity index (χ0n) is 8.35. The lowest BCUT2D eigenvalue weighted by molar-refractivity contribution is 0.0663. The molecule has 68 valence electrons. The number of hydrogen-bond donors (Lipinski definition) is 1. The Labute approximate surface area is 70.3 Å². The molecule has 0 aromatic heterocycles. The Morgan fingerprint density at radius 2 is 1.91 bits per heavy atom. The van der Waals surface area contributed by atoms with Crippen molar-refractivity contribution in [2.24, 2.45) is 5.92 Å². The minimum absolute atomic E-state index is 0.301. The van der Waals surface area contributed by atoms with Gasteiger partial charge >= 0.3 is 0 Å². The van der Waals surface area contributed by atoms with Crippen molar-refractivity contribution in [3.8, 4) is 0 Å². The van der Waals surface area contributed by atoms with Gasteiger partial charge in [-0.2, -0.15) is 0 Å². The summed E-state index contributed by atoms with van der Waals surface area (Å²) in [6.45, 7) is 6.56. The van der Waals surface area contributed by atoms with Crippen LogP contribution in [0.5, 0.6) is 0 Å². The van der Waals surface area contributed by atoms with Gasteiger partial charge in [-0.15, -0.1) is 0 Å². The molecule has 0 aliphatic heterocycles.